The molecule has 4 heteroatoms. The Balaban J connectivity index is 2.18. The minimum absolute atomic E-state index is 0.0803. The van der Waals surface area contributed by atoms with Crippen LogP contribution in [0.25, 0.3) is 0 Å². The standard InChI is InChI=1S/C12H16N2O2/c1-12(2)6-7-14(8-12)11(16)9-4-3-5-10(15)13-9/h3-5H,6-8H2,1-2H3,(H,13,15). The first-order chi connectivity index (χ1) is 7.48. The Bertz CT molecular complexity index is 462. The van der Waals surface area contributed by atoms with Gasteiger partial charge >= 0.3 is 0 Å². The van der Waals surface area contributed by atoms with Gasteiger partial charge in [-0.1, -0.05) is 19.9 Å². The monoisotopic (exact) mass is 220 g/mol. The maximum absolute atomic E-state index is 12.0. The molecule has 1 aliphatic rings. The van der Waals surface area contributed by atoms with E-state index in [0.29, 0.717) is 5.69 Å². The van der Waals surface area contributed by atoms with Crippen molar-refractivity contribution >= 4 is 5.91 Å². The van der Waals surface area contributed by atoms with Gasteiger partial charge in [-0.05, 0) is 17.9 Å². The third kappa shape index (κ3) is 2.15. The van der Waals surface area contributed by atoms with Crippen molar-refractivity contribution in [2.24, 2.45) is 5.41 Å². The van der Waals surface area contributed by atoms with E-state index in [1.165, 1.54) is 6.07 Å². The number of nitrogens with zero attached hydrogens (tertiary/aromatic N) is 1. The highest BCUT2D eigenvalue weighted by atomic mass is 16.2. The smallest absolute Gasteiger partial charge is 0.270 e. The third-order valence-corrected chi connectivity index (χ3v) is 2.96. The Hall–Kier alpha value is -1.58. The van der Waals surface area contributed by atoms with Gasteiger partial charge in [0.15, 0.2) is 0 Å². The van der Waals surface area contributed by atoms with Crippen LogP contribution in [0.1, 0.15) is 30.8 Å². The minimum Gasteiger partial charge on any atom is -0.337 e. The molecule has 2 rings (SSSR count). The van der Waals surface area contributed by atoms with Crippen LogP contribution < -0.4 is 5.56 Å². The van der Waals surface area contributed by atoms with E-state index in [0.717, 1.165) is 19.5 Å². The lowest BCUT2D eigenvalue weighted by Crippen LogP contribution is -2.31. The third-order valence-electron chi connectivity index (χ3n) is 2.96. The van der Waals surface area contributed by atoms with E-state index in [9.17, 15) is 9.59 Å². The predicted octanol–water partition coefficient (Wildman–Crippen LogP) is 1.25. The van der Waals surface area contributed by atoms with Crippen LogP contribution in [-0.4, -0.2) is 28.9 Å². The van der Waals surface area contributed by atoms with Gasteiger partial charge in [-0.15, -0.1) is 0 Å². The molecule has 0 spiro atoms. The number of rotatable bonds is 1. The molecule has 2 heterocycles. The van der Waals surface area contributed by atoms with E-state index in [1.807, 2.05) is 0 Å². The first kappa shape index (κ1) is 10.9. The molecule has 0 atom stereocenters. The Labute approximate surface area is 94.3 Å². The summed E-state index contributed by atoms with van der Waals surface area (Å²) in [4.78, 5) is 27.5. The largest absolute Gasteiger partial charge is 0.337 e. The molecule has 0 bridgehead atoms. The first-order valence-electron chi connectivity index (χ1n) is 5.47. The molecule has 16 heavy (non-hydrogen) atoms. The van der Waals surface area contributed by atoms with Crippen molar-refractivity contribution in [3.8, 4) is 0 Å². The van der Waals surface area contributed by atoms with Crippen molar-refractivity contribution in [3.63, 3.8) is 0 Å². The highest BCUT2D eigenvalue weighted by Gasteiger charge is 2.32. The number of carbonyl (C=O) groups is 1. The molecule has 1 aliphatic heterocycles. The molecule has 0 unspecified atom stereocenters. The molecule has 1 fully saturated rings. The molecule has 0 aromatic carbocycles. The number of aromatic amines is 1. The van der Waals surface area contributed by atoms with Crippen LogP contribution in [0.15, 0.2) is 23.0 Å². The van der Waals surface area contributed by atoms with Gasteiger partial charge in [0.05, 0.1) is 0 Å². The zero-order chi connectivity index (χ0) is 11.8. The quantitative estimate of drug-likeness (QED) is 0.774. The molecule has 1 aromatic rings. The molecule has 0 aliphatic carbocycles. The van der Waals surface area contributed by atoms with E-state index in [2.05, 4.69) is 18.8 Å². The zero-order valence-electron chi connectivity index (χ0n) is 9.62. The number of pyridine rings is 1. The van der Waals surface area contributed by atoms with Gasteiger partial charge in [-0.25, -0.2) is 0 Å². The van der Waals surface area contributed by atoms with E-state index in [1.54, 1.807) is 17.0 Å². The fourth-order valence-electron chi connectivity index (χ4n) is 2.03. The van der Waals surface area contributed by atoms with Gasteiger partial charge in [-0.3, -0.25) is 9.59 Å². The summed E-state index contributed by atoms with van der Waals surface area (Å²) >= 11 is 0. The van der Waals surface area contributed by atoms with Crippen molar-refractivity contribution in [3.05, 3.63) is 34.2 Å². The molecule has 1 amide bonds. The summed E-state index contributed by atoms with van der Waals surface area (Å²) in [5.41, 5.74) is 0.333. The summed E-state index contributed by atoms with van der Waals surface area (Å²) in [5, 5.41) is 0. The van der Waals surface area contributed by atoms with E-state index in [-0.39, 0.29) is 16.9 Å². The van der Waals surface area contributed by atoms with Gasteiger partial charge in [0.1, 0.15) is 5.69 Å². The van der Waals surface area contributed by atoms with Crippen LogP contribution in [0.2, 0.25) is 0 Å². The Morgan fingerprint density at radius 1 is 1.44 bits per heavy atom. The topological polar surface area (TPSA) is 53.2 Å². The van der Waals surface area contributed by atoms with Crippen molar-refractivity contribution in [1.82, 2.24) is 9.88 Å². The molecule has 86 valence electrons. The molecule has 1 aromatic heterocycles. The number of amides is 1. The Morgan fingerprint density at radius 3 is 2.75 bits per heavy atom. The van der Waals surface area contributed by atoms with Gasteiger partial charge in [0.2, 0.25) is 5.56 Å². The number of carbonyl (C=O) groups excluding carboxylic acids is 1. The Kier molecular flexibility index (Phi) is 2.58. The van der Waals surface area contributed by atoms with Gasteiger partial charge in [0.25, 0.3) is 5.91 Å². The minimum atomic E-state index is -0.232. The number of H-pyrrole nitrogens is 1. The predicted molar refractivity (Wildman–Crippen MR) is 61.4 cm³/mol. The maximum atomic E-state index is 12.0. The van der Waals surface area contributed by atoms with E-state index in [4.69, 9.17) is 0 Å². The second-order valence-corrected chi connectivity index (χ2v) is 5.07. The van der Waals surface area contributed by atoms with Crippen LogP contribution in [0, 0.1) is 5.41 Å². The summed E-state index contributed by atoms with van der Waals surface area (Å²) < 4.78 is 0. The number of aromatic nitrogens is 1. The summed E-state index contributed by atoms with van der Waals surface area (Å²) in [7, 11) is 0. The fourth-order valence-corrected chi connectivity index (χ4v) is 2.03. The summed E-state index contributed by atoms with van der Waals surface area (Å²) in [6.45, 7) is 5.81. The van der Waals surface area contributed by atoms with Crippen LogP contribution in [-0.2, 0) is 0 Å². The lowest BCUT2D eigenvalue weighted by atomic mass is 9.93. The summed E-state index contributed by atoms with van der Waals surface area (Å²) in [6.07, 6.45) is 1.01. The Morgan fingerprint density at radius 2 is 2.19 bits per heavy atom. The molecule has 1 saturated heterocycles. The van der Waals surface area contributed by atoms with E-state index < -0.39 is 0 Å². The van der Waals surface area contributed by atoms with Gasteiger partial charge in [0, 0.05) is 19.2 Å². The molecule has 0 saturated carbocycles. The van der Waals surface area contributed by atoms with Gasteiger partial charge in [-0.2, -0.15) is 0 Å². The zero-order valence-corrected chi connectivity index (χ0v) is 9.62. The van der Waals surface area contributed by atoms with E-state index >= 15 is 0 Å². The second kappa shape index (κ2) is 3.77. The summed E-state index contributed by atoms with van der Waals surface area (Å²) in [5.74, 6) is -0.0803. The number of hydrogen-bond acceptors (Lipinski definition) is 2. The normalized spacial score (nSPS) is 18.8. The first-order valence-corrected chi connectivity index (χ1v) is 5.47. The van der Waals surface area contributed by atoms with Crippen LogP contribution >= 0.6 is 0 Å². The molecular formula is C12H16N2O2. The molecular weight excluding hydrogens is 204 g/mol. The lowest BCUT2D eigenvalue weighted by molar-refractivity contribution is 0.0772. The molecule has 1 N–H and O–H groups in total. The molecule has 4 nitrogen and oxygen atoms in total. The highest BCUT2D eigenvalue weighted by Crippen LogP contribution is 2.29. The average molecular weight is 220 g/mol. The average Bonchev–Trinajstić information content (AvgIpc) is 2.58. The van der Waals surface area contributed by atoms with Crippen LogP contribution in [0.4, 0.5) is 0 Å². The number of nitrogens with one attached hydrogen (secondary N) is 1. The van der Waals surface area contributed by atoms with Crippen molar-refractivity contribution < 1.29 is 4.79 Å². The van der Waals surface area contributed by atoms with Gasteiger partial charge < -0.3 is 9.88 Å². The van der Waals surface area contributed by atoms with Crippen LogP contribution in [0.3, 0.4) is 0 Å². The molecule has 0 radical (unpaired) electrons. The fraction of sp³-hybridized carbons (Fsp3) is 0.500. The van der Waals surface area contributed by atoms with Crippen molar-refractivity contribution in [1.29, 1.82) is 0 Å². The number of hydrogen-bond donors (Lipinski definition) is 1. The lowest BCUT2D eigenvalue weighted by Gasteiger charge is -2.19. The summed E-state index contributed by atoms with van der Waals surface area (Å²) in [6, 6.07) is 4.66. The highest BCUT2D eigenvalue weighted by molar-refractivity contribution is 5.92. The maximum Gasteiger partial charge on any atom is 0.270 e. The van der Waals surface area contributed by atoms with Crippen molar-refractivity contribution in [2.45, 2.75) is 20.3 Å². The van der Waals surface area contributed by atoms with Crippen molar-refractivity contribution in [2.75, 3.05) is 13.1 Å². The number of likely N-dealkylation sites (tertiary alicyclic amines) is 1. The van der Waals surface area contributed by atoms with Crippen LogP contribution in [0.5, 0.6) is 0 Å². The SMILES string of the molecule is CC1(C)CCN(C(=O)c2cccc(=O)[nH]2)C1. The second-order valence-electron chi connectivity index (χ2n) is 5.07.